The molecular formula is C10H12O2. The van der Waals surface area contributed by atoms with Crippen LogP contribution in [0.3, 0.4) is 0 Å². The molecule has 1 saturated carbocycles. The minimum atomic E-state index is -0.591. The summed E-state index contributed by atoms with van der Waals surface area (Å²) >= 11 is 0. The molecule has 1 fully saturated rings. The van der Waals surface area contributed by atoms with Gasteiger partial charge in [0.25, 0.3) is 0 Å². The van der Waals surface area contributed by atoms with Gasteiger partial charge in [0.15, 0.2) is 0 Å². The summed E-state index contributed by atoms with van der Waals surface area (Å²) in [6.45, 7) is 0. The van der Waals surface area contributed by atoms with E-state index in [-0.39, 0.29) is 0 Å². The van der Waals surface area contributed by atoms with Gasteiger partial charge in [-0.2, -0.15) is 0 Å². The number of rotatable bonds is 2. The Morgan fingerprint density at radius 1 is 1.33 bits per heavy atom. The first-order chi connectivity index (χ1) is 5.76. The van der Waals surface area contributed by atoms with Crippen molar-refractivity contribution in [2.75, 3.05) is 7.11 Å². The Kier molecular flexibility index (Phi) is 1.58. The molecule has 0 amide bonds. The fraction of sp³-hybridized carbons (Fsp3) is 0.400. The van der Waals surface area contributed by atoms with Crippen LogP contribution in [0, 0.1) is 0 Å². The van der Waals surface area contributed by atoms with E-state index in [1.807, 2.05) is 24.3 Å². The van der Waals surface area contributed by atoms with E-state index in [1.54, 1.807) is 7.11 Å². The van der Waals surface area contributed by atoms with Crippen molar-refractivity contribution in [2.45, 2.75) is 18.4 Å². The van der Waals surface area contributed by atoms with Gasteiger partial charge in [-0.15, -0.1) is 0 Å². The Bertz CT molecular complexity index is 290. The normalized spacial score (nSPS) is 18.8. The van der Waals surface area contributed by atoms with Gasteiger partial charge in [-0.05, 0) is 18.9 Å². The summed E-state index contributed by atoms with van der Waals surface area (Å²) in [6, 6.07) is 7.64. The molecule has 0 aliphatic heterocycles. The van der Waals surface area contributed by atoms with Crippen LogP contribution < -0.4 is 4.74 Å². The van der Waals surface area contributed by atoms with Crippen molar-refractivity contribution in [1.82, 2.24) is 0 Å². The van der Waals surface area contributed by atoms with Gasteiger partial charge in [-0.3, -0.25) is 0 Å². The zero-order valence-corrected chi connectivity index (χ0v) is 7.08. The van der Waals surface area contributed by atoms with Crippen molar-refractivity contribution in [2.24, 2.45) is 0 Å². The fourth-order valence-corrected chi connectivity index (χ4v) is 1.42. The van der Waals surface area contributed by atoms with Crippen LogP contribution >= 0.6 is 0 Å². The number of aliphatic hydroxyl groups is 1. The Labute approximate surface area is 71.8 Å². The third-order valence-electron chi connectivity index (χ3n) is 2.33. The van der Waals surface area contributed by atoms with E-state index in [2.05, 4.69) is 0 Å². The molecule has 0 aromatic heterocycles. The lowest BCUT2D eigenvalue weighted by molar-refractivity contribution is 0.147. The quantitative estimate of drug-likeness (QED) is 0.720. The maximum Gasteiger partial charge on any atom is 0.124 e. The summed E-state index contributed by atoms with van der Waals surface area (Å²) in [5.74, 6) is 0.789. The second kappa shape index (κ2) is 2.49. The van der Waals surface area contributed by atoms with Crippen LogP contribution in [-0.2, 0) is 5.60 Å². The molecule has 1 N–H and O–H groups in total. The first kappa shape index (κ1) is 7.62. The number of para-hydroxylation sites is 1. The highest BCUT2D eigenvalue weighted by molar-refractivity contribution is 5.40. The highest BCUT2D eigenvalue weighted by Crippen LogP contribution is 2.48. The standard InChI is InChI=1S/C10H12O2/c1-12-9-5-3-2-4-8(9)10(11)6-7-10/h2-5,11H,6-7H2,1H3. The van der Waals surface area contributed by atoms with Gasteiger partial charge >= 0.3 is 0 Å². The van der Waals surface area contributed by atoms with E-state index in [1.165, 1.54) is 0 Å². The molecule has 0 unspecified atom stereocenters. The summed E-state index contributed by atoms with van der Waals surface area (Å²) < 4.78 is 5.15. The topological polar surface area (TPSA) is 29.5 Å². The van der Waals surface area contributed by atoms with E-state index in [0.717, 1.165) is 24.2 Å². The number of benzene rings is 1. The summed E-state index contributed by atoms with van der Waals surface area (Å²) in [6.07, 6.45) is 1.71. The Balaban J connectivity index is 2.42. The molecule has 0 atom stereocenters. The van der Waals surface area contributed by atoms with Crippen molar-refractivity contribution in [3.63, 3.8) is 0 Å². The third kappa shape index (κ3) is 1.08. The van der Waals surface area contributed by atoms with Crippen LogP contribution in [0.5, 0.6) is 5.75 Å². The molecular weight excluding hydrogens is 152 g/mol. The van der Waals surface area contributed by atoms with Gasteiger partial charge in [0.05, 0.1) is 12.7 Å². The van der Waals surface area contributed by atoms with E-state index in [4.69, 9.17) is 4.74 Å². The molecule has 2 heteroatoms. The largest absolute Gasteiger partial charge is 0.496 e. The van der Waals surface area contributed by atoms with Gasteiger partial charge in [0.2, 0.25) is 0 Å². The first-order valence-corrected chi connectivity index (χ1v) is 4.12. The van der Waals surface area contributed by atoms with Crippen LogP contribution in [-0.4, -0.2) is 12.2 Å². The maximum atomic E-state index is 9.83. The van der Waals surface area contributed by atoms with Gasteiger partial charge < -0.3 is 9.84 Å². The highest BCUT2D eigenvalue weighted by atomic mass is 16.5. The minimum absolute atomic E-state index is 0.591. The number of hydrogen-bond donors (Lipinski definition) is 1. The van der Waals surface area contributed by atoms with Gasteiger partial charge in [0.1, 0.15) is 5.75 Å². The monoisotopic (exact) mass is 164 g/mol. The SMILES string of the molecule is COc1ccccc1C1(O)CC1. The van der Waals surface area contributed by atoms with Gasteiger partial charge in [0, 0.05) is 5.56 Å². The van der Waals surface area contributed by atoms with Crippen LogP contribution in [0.4, 0.5) is 0 Å². The average molecular weight is 164 g/mol. The first-order valence-electron chi connectivity index (χ1n) is 4.12. The summed E-state index contributed by atoms with van der Waals surface area (Å²) in [4.78, 5) is 0. The predicted octanol–water partition coefficient (Wildman–Crippen LogP) is 1.68. The molecule has 1 aromatic rings. The molecule has 0 spiro atoms. The second-order valence-corrected chi connectivity index (χ2v) is 3.23. The van der Waals surface area contributed by atoms with Crippen LogP contribution in [0.1, 0.15) is 18.4 Å². The molecule has 2 nitrogen and oxygen atoms in total. The van der Waals surface area contributed by atoms with Crippen LogP contribution in [0.25, 0.3) is 0 Å². The molecule has 0 saturated heterocycles. The number of methoxy groups -OCH3 is 1. The number of hydrogen-bond acceptors (Lipinski definition) is 2. The zero-order valence-electron chi connectivity index (χ0n) is 7.08. The van der Waals surface area contributed by atoms with Crippen molar-refractivity contribution in [3.05, 3.63) is 29.8 Å². The zero-order chi connectivity index (χ0) is 8.60. The molecule has 12 heavy (non-hydrogen) atoms. The summed E-state index contributed by atoms with van der Waals surface area (Å²) in [7, 11) is 1.63. The molecule has 1 aliphatic carbocycles. The summed E-state index contributed by atoms with van der Waals surface area (Å²) in [5.41, 5.74) is 0.333. The maximum absolute atomic E-state index is 9.83. The average Bonchev–Trinajstić information content (AvgIpc) is 2.85. The van der Waals surface area contributed by atoms with Gasteiger partial charge in [-0.25, -0.2) is 0 Å². The number of ether oxygens (including phenoxy) is 1. The molecule has 1 aromatic carbocycles. The third-order valence-corrected chi connectivity index (χ3v) is 2.33. The Morgan fingerprint density at radius 2 is 2.00 bits per heavy atom. The molecule has 0 radical (unpaired) electrons. The Hall–Kier alpha value is -1.02. The molecule has 1 aliphatic rings. The molecule has 0 heterocycles. The van der Waals surface area contributed by atoms with Crippen molar-refractivity contribution in [3.8, 4) is 5.75 Å². The van der Waals surface area contributed by atoms with Crippen molar-refractivity contribution < 1.29 is 9.84 Å². The van der Waals surface area contributed by atoms with Gasteiger partial charge in [-0.1, -0.05) is 18.2 Å². The van der Waals surface area contributed by atoms with Crippen molar-refractivity contribution in [1.29, 1.82) is 0 Å². The lowest BCUT2D eigenvalue weighted by Crippen LogP contribution is -2.05. The van der Waals surface area contributed by atoms with E-state index in [0.29, 0.717) is 0 Å². The van der Waals surface area contributed by atoms with E-state index < -0.39 is 5.60 Å². The van der Waals surface area contributed by atoms with Crippen LogP contribution in [0.15, 0.2) is 24.3 Å². The molecule has 64 valence electrons. The second-order valence-electron chi connectivity index (χ2n) is 3.23. The molecule has 2 rings (SSSR count). The summed E-state index contributed by atoms with van der Waals surface area (Å²) in [5, 5.41) is 9.83. The highest BCUT2D eigenvalue weighted by Gasteiger charge is 2.43. The Morgan fingerprint density at radius 3 is 2.58 bits per heavy atom. The van der Waals surface area contributed by atoms with E-state index in [9.17, 15) is 5.11 Å². The molecule has 0 bridgehead atoms. The smallest absolute Gasteiger partial charge is 0.124 e. The lowest BCUT2D eigenvalue weighted by atomic mass is 10.1. The van der Waals surface area contributed by atoms with E-state index >= 15 is 0 Å². The predicted molar refractivity (Wildman–Crippen MR) is 46.1 cm³/mol. The van der Waals surface area contributed by atoms with Crippen LogP contribution in [0.2, 0.25) is 0 Å². The fourth-order valence-electron chi connectivity index (χ4n) is 1.42. The van der Waals surface area contributed by atoms with Crippen molar-refractivity contribution >= 4 is 0 Å². The lowest BCUT2D eigenvalue weighted by Gasteiger charge is -2.12. The minimum Gasteiger partial charge on any atom is -0.496 e.